The molecule has 1 fully saturated rings. The van der Waals surface area contributed by atoms with Crippen LogP contribution in [0.2, 0.25) is 0 Å². The fourth-order valence-corrected chi connectivity index (χ4v) is 4.94. The van der Waals surface area contributed by atoms with Crippen molar-refractivity contribution in [1.29, 1.82) is 5.26 Å². The zero-order valence-corrected chi connectivity index (χ0v) is 18.6. The minimum Gasteiger partial charge on any atom is -0.370 e. The Morgan fingerprint density at radius 3 is 2.65 bits per heavy atom. The molecule has 2 aromatic carbocycles. The van der Waals surface area contributed by atoms with E-state index in [1.54, 1.807) is 11.9 Å². The van der Waals surface area contributed by atoms with E-state index in [-0.39, 0.29) is 17.6 Å². The first-order chi connectivity index (χ1) is 14.9. The summed E-state index contributed by atoms with van der Waals surface area (Å²) in [6, 6.07) is 13.8. The number of nitriles is 1. The third-order valence-corrected chi connectivity index (χ3v) is 7.42. The number of anilines is 2. The van der Waals surface area contributed by atoms with Gasteiger partial charge in [-0.15, -0.1) is 0 Å². The zero-order valence-electron chi connectivity index (χ0n) is 17.0. The second-order valence-corrected chi connectivity index (χ2v) is 9.21. The summed E-state index contributed by atoms with van der Waals surface area (Å²) < 4.78 is 14.5. The normalized spacial score (nSPS) is 13.6. The summed E-state index contributed by atoms with van der Waals surface area (Å²) in [5.41, 5.74) is 3.60. The summed E-state index contributed by atoms with van der Waals surface area (Å²) >= 11 is 2.56. The zero-order chi connectivity index (χ0) is 22.1. The molecule has 0 bridgehead atoms. The first-order valence-electron chi connectivity index (χ1n) is 9.58. The molecule has 0 atom stereocenters. The second-order valence-electron chi connectivity index (χ2n) is 7.33. The van der Waals surface area contributed by atoms with Crippen molar-refractivity contribution in [2.45, 2.75) is 11.1 Å². The SMILES string of the molecule is Cc1nc(N(C)C(=O)C2CN(c3ccc(-c4cc(F)ccc4C#N)cc3)C2)sc1SN. The molecule has 2 heterocycles. The van der Waals surface area contributed by atoms with Gasteiger partial charge in [0.25, 0.3) is 0 Å². The molecule has 3 aromatic rings. The van der Waals surface area contributed by atoms with Gasteiger partial charge < -0.3 is 4.90 Å². The number of aromatic nitrogens is 1. The van der Waals surface area contributed by atoms with Gasteiger partial charge in [-0.1, -0.05) is 23.5 Å². The van der Waals surface area contributed by atoms with Gasteiger partial charge in [-0.2, -0.15) is 5.26 Å². The van der Waals surface area contributed by atoms with Gasteiger partial charge in [-0.25, -0.2) is 9.37 Å². The molecule has 1 amide bonds. The molecule has 2 N–H and O–H groups in total. The smallest absolute Gasteiger partial charge is 0.235 e. The molecule has 9 heteroatoms. The molecule has 0 aliphatic carbocycles. The quantitative estimate of drug-likeness (QED) is 0.583. The van der Waals surface area contributed by atoms with Gasteiger partial charge in [-0.05, 0) is 54.8 Å². The van der Waals surface area contributed by atoms with Crippen molar-refractivity contribution in [2.75, 3.05) is 29.9 Å². The van der Waals surface area contributed by atoms with E-state index in [4.69, 9.17) is 5.14 Å². The summed E-state index contributed by atoms with van der Waals surface area (Å²) in [5, 5.41) is 15.6. The van der Waals surface area contributed by atoms with Crippen LogP contribution in [0.1, 0.15) is 11.3 Å². The van der Waals surface area contributed by atoms with E-state index in [9.17, 15) is 14.4 Å². The molecule has 1 aliphatic rings. The molecular formula is C22H20FN5OS2. The maximum Gasteiger partial charge on any atom is 0.235 e. The highest BCUT2D eigenvalue weighted by atomic mass is 32.2. The van der Waals surface area contributed by atoms with Crippen LogP contribution in [0.25, 0.3) is 11.1 Å². The van der Waals surface area contributed by atoms with Crippen LogP contribution in [-0.2, 0) is 4.79 Å². The van der Waals surface area contributed by atoms with E-state index in [0.29, 0.717) is 29.3 Å². The predicted octanol–water partition coefficient (Wildman–Crippen LogP) is 4.19. The molecule has 1 aliphatic heterocycles. The number of halogens is 1. The van der Waals surface area contributed by atoms with E-state index in [2.05, 4.69) is 16.0 Å². The Balaban J connectivity index is 1.41. The third-order valence-electron chi connectivity index (χ3n) is 5.34. The number of carbonyl (C=O) groups excluding carboxylic acids is 1. The number of nitrogens with two attached hydrogens (primary N) is 1. The summed E-state index contributed by atoms with van der Waals surface area (Å²) in [6.45, 7) is 3.12. The Bertz CT molecular complexity index is 1170. The molecule has 0 saturated carbocycles. The summed E-state index contributed by atoms with van der Waals surface area (Å²) in [4.78, 5) is 21.0. The largest absolute Gasteiger partial charge is 0.370 e. The minimum absolute atomic E-state index is 0.0358. The van der Waals surface area contributed by atoms with E-state index in [0.717, 1.165) is 33.1 Å². The lowest BCUT2D eigenvalue weighted by Gasteiger charge is -2.41. The van der Waals surface area contributed by atoms with Crippen molar-refractivity contribution in [3.8, 4) is 17.2 Å². The highest BCUT2D eigenvalue weighted by Crippen LogP contribution is 2.34. The van der Waals surface area contributed by atoms with Gasteiger partial charge in [-0.3, -0.25) is 14.8 Å². The monoisotopic (exact) mass is 453 g/mol. The molecular weight excluding hydrogens is 433 g/mol. The molecule has 0 unspecified atom stereocenters. The number of hydrogen-bond acceptors (Lipinski definition) is 7. The number of thiazole rings is 1. The van der Waals surface area contributed by atoms with Gasteiger partial charge in [0.1, 0.15) is 5.82 Å². The minimum atomic E-state index is -0.376. The maximum atomic E-state index is 13.6. The molecule has 4 rings (SSSR count). The van der Waals surface area contributed by atoms with Crippen LogP contribution in [0.4, 0.5) is 15.2 Å². The summed E-state index contributed by atoms with van der Waals surface area (Å²) in [7, 11) is 1.74. The van der Waals surface area contributed by atoms with Crippen LogP contribution < -0.4 is 14.9 Å². The van der Waals surface area contributed by atoms with Crippen LogP contribution in [0.15, 0.2) is 46.7 Å². The Hall–Kier alpha value is -2.93. The van der Waals surface area contributed by atoms with E-state index in [1.165, 1.54) is 29.5 Å². The molecule has 0 radical (unpaired) electrons. The maximum absolute atomic E-state index is 13.6. The Morgan fingerprint density at radius 2 is 2.03 bits per heavy atom. The molecule has 0 spiro atoms. The molecule has 1 saturated heterocycles. The Labute approximate surface area is 188 Å². The number of aryl methyl sites for hydroxylation is 1. The molecule has 31 heavy (non-hydrogen) atoms. The number of rotatable bonds is 5. The fourth-order valence-electron chi connectivity index (χ4n) is 3.54. The van der Waals surface area contributed by atoms with Gasteiger partial charge in [0.05, 0.1) is 27.5 Å². The van der Waals surface area contributed by atoms with Gasteiger partial charge in [0.15, 0.2) is 5.13 Å². The van der Waals surface area contributed by atoms with Crippen LogP contribution in [0.3, 0.4) is 0 Å². The Morgan fingerprint density at radius 1 is 1.32 bits per heavy atom. The molecule has 1 aromatic heterocycles. The van der Waals surface area contributed by atoms with Crippen molar-refractivity contribution in [3.63, 3.8) is 0 Å². The topological polar surface area (TPSA) is 86.2 Å². The number of benzene rings is 2. The predicted molar refractivity (Wildman–Crippen MR) is 123 cm³/mol. The van der Waals surface area contributed by atoms with Gasteiger partial charge in [0.2, 0.25) is 5.91 Å². The van der Waals surface area contributed by atoms with Crippen LogP contribution >= 0.6 is 23.3 Å². The van der Waals surface area contributed by atoms with Crippen LogP contribution in [0.5, 0.6) is 0 Å². The molecule has 6 nitrogen and oxygen atoms in total. The number of hydrogen-bond donors (Lipinski definition) is 1. The van der Waals surface area contributed by atoms with Gasteiger partial charge >= 0.3 is 0 Å². The van der Waals surface area contributed by atoms with Crippen LogP contribution in [-0.4, -0.2) is 31.0 Å². The van der Waals surface area contributed by atoms with Crippen molar-refractivity contribution in [1.82, 2.24) is 4.98 Å². The van der Waals surface area contributed by atoms with Crippen molar-refractivity contribution >= 4 is 40.0 Å². The highest BCUT2D eigenvalue weighted by Gasteiger charge is 2.35. The number of nitrogens with zero attached hydrogens (tertiary/aromatic N) is 4. The first kappa shape index (κ1) is 21.3. The average Bonchev–Trinajstić information content (AvgIpc) is 3.13. The summed E-state index contributed by atoms with van der Waals surface area (Å²) in [6.07, 6.45) is 0. The third kappa shape index (κ3) is 4.14. The van der Waals surface area contributed by atoms with E-state index >= 15 is 0 Å². The van der Waals surface area contributed by atoms with E-state index in [1.807, 2.05) is 31.2 Å². The van der Waals surface area contributed by atoms with Gasteiger partial charge in [0, 0.05) is 31.4 Å². The lowest BCUT2D eigenvalue weighted by Crippen LogP contribution is -2.54. The van der Waals surface area contributed by atoms with Crippen molar-refractivity contribution < 1.29 is 9.18 Å². The van der Waals surface area contributed by atoms with Crippen molar-refractivity contribution in [3.05, 3.63) is 59.5 Å². The second kappa shape index (κ2) is 8.67. The lowest BCUT2D eigenvalue weighted by molar-refractivity contribution is -0.122. The van der Waals surface area contributed by atoms with Crippen molar-refractivity contribution in [2.24, 2.45) is 11.1 Å². The summed E-state index contributed by atoms with van der Waals surface area (Å²) in [5.74, 6) is -0.441. The standard InChI is InChI=1S/C22H20FN5OS2/c1-13-21(31-25)30-22(26-13)27(2)20(29)16-11-28(12-16)18-7-4-14(5-8-18)19-9-17(23)6-3-15(19)10-24/h3-9,16H,11-12,25H2,1-2H3. The Kier molecular flexibility index (Phi) is 5.96. The lowest BCUT2D eigenvalue weighted by atomic mass is 9.96. The molecule has 158 valence electrons. The highest BCUT2D eigenvalue weighted by molar-refractivity contribution is 7.99. The fraction of sp³-hybridized carbons (Fsp3) is 0.227. The first-order valence-corrected chi connectivity index (χ1v) is 11.3. The average molecular weight is 454 g/mol. The number of amides is 1. The van der Waals surface area contributed by atoms with E-state index < -0.39 is 0 Å². The van der Waals surface area contributed by atoms with Crippen LogP contribution in [0, 0.1) is 30.0 Å². The number of carbonyl (C=O) groups is 1.